The smallest absolute Gasteiger partial charge is 0.307 e. The van der Waals surface area contributed by atoms with Crippen molar-refractivity contribution in [2.24, 2.45) is 0 Å². The SMILES string of the molecule is C=C(C=O)CC(CC(=O)O)OC(C)=O. The highest BCUT2D eigenvalue weighted by molar-refractivity contribution is 5.73. The molecule has 1 unspecified atom stereocenters. The van der Waals surface area contributed by atoms with Crippen LogP contribution in [0.15, 0.2) is 12.2 Å². The molecule has 0 fully saturated rings. The van der Waals surface area contributed by atoms with Gasteiger partial charge in [-0.25, -0.2) is 0 Å². The molecule has 0 radical (unpaired) electrons. The Balaban J connectivity index is 4.23. The highest BCUT2D eigenvalue weighted by Gasteiger charge is 2.17. The van der Waals surface area contributed by atoms with Gasteiger partial charge in [0.25, 0.3) is 0 Å². The number of aliphatic carboxylic acids is 1. The van der Waals surface area contributed by atoms with Crippen LogP contribution in [0.3, 0.4) is 0 Å². The molecule has 0 saturated carbocycles. The lowest BCUT2D eigenvalue weighted by molar-refractivity contribution is -0.150. The molecule has 0 aliphatic carbocycles. The van der Waals surface area contributed by atoms with Gasteiger partial charge >= 0.3 is 11.9 Å². The van der Waals surface area contributed by atoms with E-state index in [4.69, 9.17) is 9.84 Å². The number of hydrogen-bond donors (Lipinski definition) is 1. The fraction of sp³-hybridized carbons (Fsp3) is 0.444. The Kier molecular flexibility index (Phi) is 5.21. The Labute approximate surface area is 81.4 Å². The first kappa shape index (κ1) is 12.3. The zero-order valence-electron chi connectivity index (χ0n) is 7.86. The third-order valence-electron chi connectivity index (χ3n) is 1.39. The molecule has 1 N–H and O–H groups in total. The van der Waals surface area contributed by atoms with E-state index in [9.17, 15) is 14.4 Å². The van der Waals surface area contributed by atoms with Crippen LogP contribution in [0.4, 0.5) is 0 Å². The monoisotopic (exact) mass is 200 g/mol. The van der Waals surface area contributed by atoms with Crippen molar-refractivity contribution in [3.63, 3.8) is 0 Å². The Morgan fingerprint density at radius 3 is 2.43 bits per heavy atom. The van der Waals surface area contributed by atoms with Crippen molar-refractivity contribution in [3.05, 3.63) is 12.2 Å². The highest BCUT2D eigenvalue weighted by atomic mass is 16.5. The van der Waals surface area contributed by atoms with Gasteiger partial charge in [0.1, 0.15) is 12.4 Å². The third-order valence-corrected chi connectivity index (χ3v) is 1.39. The molecular weight excluding hydrogens is 188 g/mol. The van der Waals surface area contributed by atoms with Crippen molar-refractivity contribution < 1.29 is 24.2 Å². The molecule has 0 aromatic heterocycles. The Bertz CT molecular complexity index is 240. The lowest BCUT2D eigenvalue weighted by Crippen LogP contribution is -2.20. The molecule has 0 aromatic carbocycles. The van der Waals surface area contributed by atoms with Crippen molar-refractivity contribution in [3.8, 4) is 0 Å². The van der Waals surface area contributed by atoms with Crippen molar-refractivity contribution in [2.75, 3.05) is 0 Å². The Morgan fingerprint density at radius 1 is 1.50 bits per heavy atom. The van der Waals surface area contributed by atoms with E-state index < -0.39 is 18.0 Å². The Morgan fingerprint density at radius 2 is 2.07 bits per heavy atom. The minimum atomic E-state index is -1.09. The van der Waals surface area contributed by atoms with Gasteiger partial charge in [-0.2, -0.15) is 0 Å². The summed E-state index contributed by atoms with van der Waals surface area (Å²) in [4.78, 5) is 31.1. The summed E-state index contributed by atoms with van der Waals surface area (Å²) in [5, 5.41) is 8.47. The van der Waals surface area contributed by atoms with Crippen molar-refractivity contribution in [1.82, 2.24) is 0 Å². The quantitative estimate of drug-likeness (QED) is 0.384. The molecule has 0 bridgehead atoms. The summed E-state index contributed by atoms with van der Waals surface area (Å²) in [6.07, 6.45) is -0.581. The summed E-state index contributed by atoms with van der Waals surface area (Å²) in [6, 6.07) is 0. The van der Waals surface area contributed by atoms with Crippen LogP contribution in [0.1, 0.15) is 19.8 Å². The first-order valence-corrected chi connectivity index (χ1v) is 3.97. The van der Waals surface area contributed by atoms with Gasteiger partial charge in [0.2, 0.25) is 0 Å². The molecule has 0 amide bonds. The number of aldehydes is 1. The van der Waals surface area contributed by atoms with E-state index in [-0.39, 0.29) is 18.4 Å². The molecule has 0 aliphatic rings. The van der Waals surface area contributed by atoms with Crippen LogP contribution >= 0.6 is 0 Å². The fourth-order valence-electron chi connectivity index (χ4n) is 0.926. The van der Waals surface area contributed by atoms with Crippen LogP contribution in [-0.2, 0) is 19.1 Å². The van der Waals surface area contributed by atoms with Gasteiger partial charge in [0.15, 0.2) is 0 Å². The molecule has 14 heavy (non-hydrogen) atoms. The number of hydrogen-bond acceptors (Lipinski definition) is 4. The summed E-state index contributed by atoms with van der Waals surface area (Å²) in [6.45, 7) is 4.55. The maximum Gasteiger partial charge on any atom is 0.307 e. The van der Waals surface area contributed by atoms with E-state index in [1.54, 1.807) is 0 Å². The summed E-state index contributed by atoms with van der Waals surface area (Å²) in [5.74, 6) is -1.66. The minimum absolute atomic E-state index is 0.0510. The number of ether oxygens (including phenoxy) is 1. The molecule has 5 nitrogen and oxygen atoms in total. The van der Waals surface area contributed by atoms with Crippen molar-refractivity contribution in [1.29, 1.82) is 0 Å². The minimum Gasteiger partial charge on any atom is -0.481 e. The molecule has 0 aromatic rings. The van der Waals surface area contributed by atoms with E-state index in [1.807, 2.05) is 0 Å². The standard InChI is InChI=1S/C9H12O5/c1-6(5-10)3-8(4-9(12)13)14-7(2)11/h5,8H,1,3-4H2,2H3,(H,12,13). The van der Waals surface area contributed by atoms with Gasteiger partial charge in [-0.3, -0.25) is 14.4 Å². The summed E-state index contributed by atoms with van der Waals surface area (Å²) in [5.41, 5.74) is 0.206. The van der Waals surface area contributed by atoms with E-state index >= 15 is 0 Å². The molecule has 0 rings (SSSR count). The molecule has 5 heteroatoms. The van der Waals surface area contributed by atoms with Crippen LogP contribution < -0.4 is 0 Å². The topological polar surface area (TPSA) is 80.7 Å². The molecule has 0 aliphatic heterocycles. The third kappa shape index (κ3) is 5.93. The first-order valence-electron chi connectivity index (χ1n) is 3.97. The number of carboxylic acid groups (broad SMARTS) is 1. The summed E-state index contributed by atoms with van der Waals surface area (Å²) in [7, 11) is 0. The van der Waals surface area contributed by atoms with Gasteiger partial charge in [0.05, 0.1) is 6.42 Å². The molecule has 1 atom stereocenters. The van der Waals surface area contributed by atoms with Gasteiger partial charge in [-0.15, -0.1) is 0 Å². The average Bonchev–Trinajstić information content (AvgIpc) is 2.01. The summed E-state index contributed by atoms with van der Waals surface area (Å²) < 4.78 is 4.69. The van der Waals surface area contributed by atoms with E-state index in [0.717, 1.165) is 0 Å². The van der Waals surface area contributed by atoms with Crippen LogP contribution in [0.5, 0.6) is 0 Å². The largest absolute Gasteiger partial charge is 0.481 e. The van der Waals surface area contributed by atoms with Crippen LogP contribution in [0.25, 0.3) is 0 Å². The zero-order chi connectivity index (χ0) is 11.1. The summed E-state index contributed by atoms with van der Waals surface area (Å²) >= 11 is 0. The number of carbonyl (C=O) groups is 3. The molecule has 0 spiro atoms. The predicted molar refractivity (Wildman–Crippen MR) is 47.6 cm³/mol. The van der Waals surface area contributed by atoms with E-state index in [0.29, 0.717) is 6.29 Å². The zero-order valence-corrected chi connectivity index (χ0v) is 7.86. The van der Waals surface area contributed by atoms with E-state index in [2.05, 4.69) is 6.58 Å². The van der Waals surface area contributed by atoms with Gasteiger partial charge in [-0.1, -0.05) is 6.58 Å². The highest BCUT2D eigenvalue weighted by Crippen LogP contribution is 2.09. The fourth-order valence-corrected chi connectivity index (χ4v) is 0.926. The lowest BCUT2D eigenvalue weighted by atomic mass is 10.1. The Hall–Kier alpha value is -1.65. The number of rotatable bonds is 6. The first-order chi connectivity index (χ1) is 6.45. The van der Waals surface area contributed by atoms with Crippen LogP contribution in [0.2, 0.25) is 0 Å². The normalized spacial score (nSPS) is 11.5. The number of carboxylic acids is 1. The van der Waals surface area contributed by atoms with Crippen LogP contribution in [0, 0.1) is 0 Å². The molecule has 78 valence electrons. The second-order valence-electron chi connectivity index (χ2n) is 2.81. The number of carbonyl (C=O) groups excluding carboxylic acids is 2. The van der Waals surface area contributed by atoms with Gasteiger partial charge in [-0.05, 0) is 5.57 Å². The molecule has 0 saturated heterocycles. The van der Waals surface area contributed by atoms with Crippen LogP contribution in [-0.4, -0.2) is 29.4 Å². The predicted octanol–water partition coefficient (Wildman–Crippen LogP) is 0.538. The van der Waals surface area contributed by atoms with Gasteiger partial charge in [0, 0.05) is 13.3 Å². The average molecular weight is 200 g/mol. The second-order valence-corrected chi connectivity index (χ2v) is 2.81. The maximum absolute atomic E-state index is 10.6. The lowest BCUT2D eigenvalue weighted by Gasteiger charge is -2.13. The van der Waals surface area contributed by atoms with Crippen molar-refractivity contribution >= 4 is 18.2 Å². The molecule has 0 heterocycles. The van der Waals surface area contributed by atoms with Gasteiger partial charge < -0.3 is 9.84 Å². The van der Waals surface area contributed by atoms with E-state index in [1.165, 1.54) is 6.92 Å². The second kappa shape index (κ2) is 5.90. The maximum atomic E-state index is 10.6. The van der Waals surface area contributed by atoms with Crippen molar-refractivity contribution in [2.45, 2.75) is 25.9 Å². The molecular formula is C9H12O5. The number of esters is 1.